The van der Waals surface area contributed by atoms with Gasteiger partial charge in [-0.2, -0.15) is 4.98 Å². The van der Waals surface area contributed by atoms with E-state index < -0.39 is 6.10 Å². The number of benzene rings is 1. The molecule has 0 aliphatic carbocycles. The summed E-state index contributed by atoms with van der Waals surface area (Å²) in [5, 5.41) is 19.1. The number of rotatable bonds is 2. The van der Waals surface area contributed by atoms with Crippen LogP contribution in [0, 0.1) is 12.8 Å². The van der Waals surface area contributed by atoms with Crippen LogP contribution in [0.15, 0.2) is 22.6 Å². The van der Waals surface area contributed by atoms with Crippen LogP contribution in [0.4, 0.5) is 6.01 Å². The monoisotopic (exact) mass is 262 g/mol. The molecule has 19 heavy (non-hydrogen) atoms. The third-order valence-corrected chi connectivity index (χ3v) is 3.76. The maximum absolute atomic E-state index is 9.95. The Bertz CT molecular complexity index is 581. The number of nitrogens with zero attached hydrogens (tertiary/aromatic N) is 2. The Morgan fingerprint density at radius 1 is 1.47 bits per heavy atom. The van der Waals surface area contributed by atoms with E-state index in [1.807, 2.05) is 30.0 Å². The van der Waals surface area contributed by atoms with Crippen molar-refractivity contribution in [1.82, 2.24) is 4.98 Å². The van der Waals surface area contributed by atoms with Gasteiger partial charge in [-0.05, 0) is 31.0 Å². The largest absolute Gasteiger partial charge is 0.423 e. The number of aliphatic hydroxyl groups is 2. The Labute approximate surface area is 111 Å². The third-order valence-electron chi connectivity index (χ3n) is 3.76. The first kappa shape index (κ1) is 12.4. The van der Waals surface area contributed by atoms with Gasteiger partial charge in [0.2, 0.25) is 0 Å². The average molecular weight is 262 g/mol. The molecule has 2 heterocycles. The maximum atomic E-state index is 9.95. The molecular weight excluding hydrogens is 244 g/mol. The van der Waals surface area contributed by atoms with Gasteiger partial charge in [0.15, 0.2) is 5.58 Å². The van der Waals surface area contributed by atoms with Crippen molar-refractivity contribution in [2.45, 2.75) is 19.4 Å². The van der Waals surface area contributed by atoms with Crippen molar-refractivity contribution in [3.05, 3.63) is 23.8 Å². The Hall–Kier alpha value is -1.59. The highest BCUT2D eigenvalue weighted by Gasteiger charge is 2.29. The molecule has 5 nitrogen and oxygen atoms in total. The Kier molecular flexibility index (Phi) is 3.16. The lowest BCUT2D eigenvalue weighted by molar-refractivity contribution is 0.0535. The zero-order chi connectivity index (χ0) is 13.4. The van der Waals surface area contributed by atoms with Gasteiger partial charge < -0.3 is 19.5 Å². The molecule has 102 valence electrons. The van der Waals surface area contributed by atoms with Crippen LogP contribution >= 0.6 is 0 Å². The molecule has 2 atom stereocenters. The fraction of sp³-hybridized carbons (Fsp3) is 0.500. The Balaban J connectivity index is 1.84. The quantitative estimate of drug-likeness (QED) is 0.854. The van der Waals surface area contributed by atoms with E-state index in [0.29, 0.717) is 12.6 Å². The van der Waals surface area contributed by atoms with Gasteiger partial charge in [0, 0.05) is 25.6 Å². The minimum atomic E-state index is -0.532. The lowest BCUT2D eigenvalue weighted by atomic mass is 9.95. The highest BCUT2D eigenvalue weighted by molar-refractivity contribution is 5.75. The van der Waals surface area contributed by atoms with Gasteiger partial charge in [0.05, 0.1) is 6.10 Å². The summed E-state index contributed by atoms with van der Waals surface area (Å²) in [6.45, 7) is 3.25. The van der Waals surface area contributed by atoms with Gasteiger partial charge in [0.1, 0.15) is 5.52 Å². The molecule has 1 aromatic heterocycles. The highest BCUT2D eigenvalue weighted by Crippen LogP contribution is 2.26. The fourth-order valence-corrected chi connectivity index (χ4v) is 2.53. The van der Waals surface area contributed by atoms with Gasteiger partial charge >= 0.3 is 0 Å². The molecule has 0 saturated carbocycles. The van der Waals surface area contributed by atoms with Crippen molar-refractivity contribution >= 4 is 17.1 Å². The number of aliphatic hydroxyl groups excluding tert-OH is 2. The van der Waals surface area contributed by atoms with Crippen LogP contribution in [0.5, 0.6) is 0 Å². The molecule has 1 fully saturated rings. The molecule has 5 heteroatoms. The molecule has 1 aliphatic rings. The van der Waals surface area contributed by atoms with Crippen molar-refractivity contribution in [3.8, 4) is 0 Å². The lowest BCUT2D eigenvalue weighted by Gasteiger charge is -2.33. The number of aryl methyl sites for hydroxylation is 1. The molecule has 0 spiro atoms. The van der Waals surface area contributed by atoms with Gasteiger partial charge in [-0.3, -0.25) is 0 Å². The van der Waals surface area contributed by atoms with Gasteiger partial charge in [-0.1, -0.05) is 6.07 Å². The number of anilines is 1. The van der Waals surface area contributed by atoms with Crippen molar-refractivity contribution in [1.29, 1.82) is 0 Å². The Morgan fingerprint density at radius 3 is 3.05 bits per heavy atom. The highest BCUT2D eigenvalue weighted by atomic mass is 16.4. The van der Waals surface area contributed by atoms with E-state index >= 15 is 0 Å². The molecule has 1 aliphatic heterocycles. The summed E-state index contributed by atoms with van der Waals surface area (Å²) in [6, 6.07) is 6.44. The van der Waals surface area contributed by atoms with E-state index in [-0.39, 0.29) is 12.5 Å². The van der Waals surface area contributed by atoms with Crippen LogP contribution in [-0.2, 0) is 0 Å². The van der Waals surface area contributed by atoms with Crippen molar-refractivity contribution in [2.75, 3.05) is 24.6 Å². The molecule has 3 rings (SSSR count). The lowest BCUT2D eigenvalue weighted by Crippen LogP contribution is -2.45. The van der Waals surface area contributed by atoms with Crippen LogP contribution in [0.25, 0.3) is 11.1 Å². The molecule has 0 bridgehead atoms. The molecule has 0 unspecified atom stereocenters. The summed E-state index contributed by atoms with van der Waals surface area (Å²) in [5.74, 6) is -0.0390. The average Bonchev–Trinajstić information content (AvgIpc) is 2.81. The molecule has 1 aromatic carbocycles. The normalized spacial score (nSPS) is 24.1. The first-order valence-corrected chi connectivity index (χ1v) is 6.58. The van der Waals surface area contributed by atoms with Crippen molar-refractivity contribution in [3.63, 3.8) is 0 Å². The number of hydrogen-bond acceptors (Lipinski definition) is 5. The fourth-order valence-electron chi connectivity index (χ4n) is 2.53. The summed E-state index contributed by atoms with van der Waals surface area (Å²) in [6.07, 6.45) is 0.214. The van der Waals surface area contributed by atoms with Crippen LogP contribution in [0.2, 0.25) is 0 Å². The van der Waals surface area contributed by atoms with E-state index in [4.69, 9.17) is 9.52 Å². The van der Waals surface area contributed by atoms with Gasteiger partial charge in [0.25, 0.3) is 6.01 Å². The first-order chi connectivity index (χ1) is 9.17. The van der Waals surface area contributed by atoms with E-state index in [9.17, 15) is 5.11 Å². The molecule has 2 aromatic rings. The molecule has 2 N–H and O–H groups in total. The summed E-state index contributed by atoms with van der Waals surface area (Å²) in [7, 11) is 0. The van der Waals surface area contributed by atoms with Crippen LogP contribution in [-0.4, -0.2) is 41.0 Å². The second-order valence-electron chi connectivity index (χ2n) is 5.21. The molecule has 1 saturated heterocycles. The van der Waals surface area contributed by atoms with Crippen LogP contribution in [0.1, 0.15) is 12.0 Å². The predicted octanol–water partition coefficient (Wildman–Crippen LogP) is 1.32. The summed E-state index contributed by atoms with van der Waals surface area (Å²) < 4.78 is 5.72. The number of fused-ring (bicyclic) bond motifs is 1. The maximum Gasteiger partial charge on any atom is 0.298 e. The SMILES string of the molecule is Cc1ccc2oc(N3CC[C@H](CO)[C@H](O)C3)nc2c1. The molecule has 0 radical (unpaired) electrons. The molecular formula is C14H18N2O3. The Morgan fingerprint density at radius 2 is 2.32 bits per heavy atom. The second kappa shape index (κ2) is 4.83. The standard InChI is InChI=1S/C14H18N2O3/c1-9-2-3-13-11(6-9)15-14(19-13)16-5-4-10(8-17)12(18)7-16/h2-3,6,10,12,17-18H,4-5,7-8H2,1H3/t10-,12-/m1/s1. The zero-order valence-electron chi connectivity index (χ0n) is 10.9. The molecule has 0 amide bonds. The number of hydrogen-bond donors (Lipinski definition) is 2. The minimum Gasteiger partial charge on any atom is -0.423 e. The number of aromatic nitrogens is 1. The summed E-state index contributed by atoms with van der Waals surface area (Å²) in [4.78, 5) is 6.40. The van der Waals surface area contributed by atoms with Gasteiger partial charge in [-0.25, -0.2) is 0 Å². The van der Waals surface area contributed by atoms with E-state index in [1.165, 1.54) is 0 Å². The van der Waals surface area contributed by atoms with Crippen molar-refractivity contribution in [2.24, 2.45) is 5.92 Å². The topological polar surface area (TPSA) is 69.7 Å². The first-order valence-electron chi connectivity index (χ1n) is 6.58. The minimum absolute atomic E-state index is 0.0295. The number of piperidine rings is 1. The third kappa shape index (κ3) is 2.31. The van der Waals surface area contributed by atoms with E-state index in [2.05, 4.69) is 4.98 Å². The smallest absolute Gasteiger partial charge is 0.298 e. The van der Waals surface area contributed by atoms with Crippen molar-refractivity contribution < 1.29 is 14.6 Å². The zero-order valence-corrected chi connectivity index (χ0v) is 10.9. The summed E-state index contributed by atoms with van der Waals surface area (Å²) >= 11 is 0. The van der Waals surface area contributed by atoms with Crippen LogP contribution < -0.4 is 4.90 Å². The van der Waals surface area contributed by atoms with Crippen LogP contribution in [0.3, 0.4) is 0 Å². The number of β-amino-alcohol motifs (C(OH)–C–C–N with tert-alkyl or cyclic N) is 1. The van der Waals surface area contributed by atoms with E-state index in [0.717, 1.165) is 29.6 Å². The van der Waals surface area contributed by atoms with Gasteiger partial charge in [-0.15, -0.1) is 0 Å². The second-order valence-corrected chi connectivity index (χ2v) is 5.21. The number of oxazole rings is 1. The predicted molar refractivity (Wildman–Crippen MR) is 72.2 cm³/mol. The summed E-state index contributed by atoms with van der Waals surface area (Å²) in [5.41, 5.74) is 2.75. The van der Waals surface area contributed by atoms with E-state index in [1.54, 1.807) is 0 Å².